The monoisotopic (exact) mass is 291 g/mol. The largest absolute Gasteiger partial charge is 0.478 e. The van der Waals surface area contributed by atoms with E-state index in [1.165, 1.54) is 18.3 Å². The van der Waals surface area contributed by atoms with Gasteiger partial charge in [-0.2, -0.15) is 0 Å². The lowest BCUT2D eigenvalue weighted by atomic mass is 10.1. The van der Waals surface area contributed by atoms with Crippen molar-refractivity contribution in [2.75, 3.05) is 5.32 Å². The molecular formula is C13H10ClN3O3. The van der Waals surface area contributed by atoms with Crippen molar-refractivity contribution in [2.45, 2.75) is 0 Å². The predicted octanol–water partition coefficient (Wildman–Crippen LogP) is 2.41. The van der Waals surface area contributed by atoms with Gasteiger partial charge in [-0.3, -0.25) is 10.1 Å². The van der Waals surface area contributed by atoms with E-state index in [0.717, 1.165) is 6.08 Å². The number of nitrogens with one attached hydrogen (secondary N) is 2. The average Bonchev–Trinajstić information content (AvgIpc) is 2.89. The van der Waals surface area contributed by atoms with Gasteiger partial charge in [0, 0.05) is 29.1 Å². The van der Waals surface area contributed by atoms with Crippen molar-refractivity contribution in [3.63, 3.8) is 0 Å². The van der Waals surface area contributed by atoms with Crippen molar-refractivity contribution >= 4 is 35.5 Å². The van der Waals surface area contributed by atoms with Crippen LogP contribution < -0.4 is 5.32 Å². The van der Waals surface area contributed by atoms with Gasteiger partial charge < -0.3 is 10.1 Å². The molecule has 3 N–H and O–H groups in total. The fourth-order valence-corrected chi connectivity index (χ4v) is 1.72. The summed E-state index contributed by atoms with van der Waals surface area (Å²) in [5, 5.41) is 11.4. The van der Waals surface area contributed by atoms with E-state index >= 15 is 0 Å². The van der Waals surface area contributed by atoms with Gasteiger partial charge in [0.2, 0.25) is 5.95 Å². The summed E-state index contributed by atoms with van der Waals surface area (Å²) in [6, 6.07) is 4.58. The molecule has 7 heteroatoms. The molecule has 6 nitrogen and oxygen atoms in total. The molecule has 102 valence electrons. The van der Waals surface area contributed by atoms with E-state index < -0.39 is 5.97 Å². The minimum Gasteiger partial charge on any atom is -0.478 e. The Bertz CT molecular complexity index is 666. The maximum absolute atomic E-state index is 11.9. The Labute approximate surface area is 119 Å². The first-order valence-electron chi connectivity index (χ1n) is 5.57. The number of aliphatic carboxylic acids is 1. The van der Waals surface area contributed by atoms with Crippen molar-refractivity contribution in [3.8, 4) is 0 Å². The number of carboxylic acids is 1. The highest BCUT2D eigenvalue weighted by Gasteiger charge is 2.09. The summed E-state index contributed by atoms with van der Waals surface area (Å²) in [6.07, 6.45) is 5.44. The second-order valence-electron chi connectivity index (χ2n) is 3.80. The number of aromatic amines is 1. The number of anilines is 1. The molecule has 0 aliphatic carbocycles. The smallest absolute Gasteiger partial charge is 0.328 e. The molecule has 0 aliphatic heterocycles. The van der Waals surface area contributed by atoms with E-state index in [4.69, 9.17) is 16.7 Å². The van der Waals surface area contributed by atoms with Crippen LogP contribution >= 0.6 is 11.6 Å². The molecule has 0 unspecified atom stereocenters. The van der Waals surface area contributed by atoms with Crippen LogP contribution in [0.1, 0.15) is 15.9 Å². The van der Waals surface area contributed by atoms with Crippen LogP contribution in [0.15, 0.2) is 36.7 Å². The molecule has 0 saturated heterocycles. The Balaban J connectivity index is 2.16. The highest BCUT2D eigenvalue weighted by molar-refractivity contribution is 6.32. The Hall–Kier alpha value is -2.60. The molecule has 0 fully saturated rings. The molecule has 2 rings (SSSR count). The fraction of sp³-hybridized carbons (Fsp3) is 0. The summed E-state index contributed by atoms with van der Waals surface area (Å²) in [5.74, 6) is -1.10. The number of amides is 1. The summed E-state index contributed by atoms with van der Waals surface area (Å²) in [7, 11) is 0. The lowest BCUT2D eigenvalue weighted by molar-refractivity contribution is -0.131. The second kappa shape index (κ2) is 6.03. The molecule has 2 aromatic rings. The Morgan fingerprint density at radius 3 is 2.80 bits per heavy atom. The van der Waals surface area contributed by atoms with Crippen molar-refractivity contribution in [2.24, 2.45) is 0 Å². The van der Waals surface area contributed by atoms with Gasteiger partial charge in [0.25, 0.3) is 5.91 Å². The third-order valence-corrected chi connectivity index (χ3v) is 2.73. The molecule has 0 atom stereocenters. The standard InChI is InChI=1S/C13H10ClN3O3/c14-10-7-9(2-1-8(10)3-4-11(18)19)12(20)17-13-15-5-6-16-13/h1-7H,(H,18,19)(H2,15,16,17,20)/b4-3+. The van der Waals surface area contributed by atoms with Gasteiger partial charge in [0.1, 0.15) is 0 Å². The molecule has 0 aliphatic rings. The summed E-state index contributed by atoms with van der Waals surface area (Å²) >= 11 is 5.99. The summed E-state index contributed by atoms with van der Waals surface area (Å²) in [5.41, 5.74) is 0.863. The van der Waals surface area contributed by atoms with Crippen LogP contribution in [0.2, 0.25) is 5.02 Å². The fourth-order valence-electron chi connectivity index (χ4n) is 1.48. The number of nitrogens with zero attached hydrogens (tertiary/aromatic N) is 1. The van der Waals surface area contributed by atoms with Crippen molar-refractivity contribution in [1.82, 2.24) is 9.97 Å². The average molecular weight is 292 g/mol. The maximum atomic E-state index is 11.9. The van der Waals surface area contributed by atoms with Crippen molar-refractivity contribution in [1.29, 1.82) is 0 Å². The third kappa shape index (κ3) is 3.46. The molecule has 0 saturated carbocycles. The van der Waals surface area contributed by atoms with Gasteiger partial charge >= 0.3 is 5.97 Å². The van der Waals surface area contributed by atoms with E-state index in [1.807, 2.05) is 0 Å². The summed E-state index contributed by atoms with van der Waals surface area (Å²) < 4.78 is 0. The number of aromatic nitrogens is 2. The number of halogens is 1. The van der Waals surface area contributed by atoms with E-state index in [1.54, 1.807) is 18.3 Å². The topological polar surface area (TPSA) is 95.1 Å². The Morgan fingerprint density at radius 1 is 1.40 bits per heavy atom. The third-order valence-electron chi connectivity index (χ3n) is 2.40. The molecule has 1 amide bonds. The normalized spacial score (nSPS) is 10.7. The molecule has 0 bridgehead atoms. The number of hydrogen-bond donors (Lipinski definition) is 3. The van der Waals surface area contributed by atoms with Gasteiger partial charge in [-0.05, 0) is 23.8 Å². The number of carboxylic acid groups (broad SMARTS) is 1. The lowest BCUT2D eigenvalue weighted by Crippen LogP contribution is -2.12. The number of carbonyl (C=O) groups is 2. The minimum atomic E-state index is -1.07. The van der Waals surface area contributed by atoms with Gasteiger partial charge in [0.15, 0.2) is 0 Å². The van der Waals surface area contributed by atoms with Crippen LogP contribution in [0.3, 0.4) is 0 Å². The number of benzene rings is 1. The highest BCUT2D eigenvalue weighted by Crippen LogP contribution is 2.20. The van der Waals surface area contributed by atoms with Gasteiger partial charge in [-0.1, -0.05) is 17.7 Å². The predicted molar refractivity (Wildman–Crippen MR) is 74.7 cm³/mol. The van der Waals surface area contributed by atoms with Crippen LogP contribution in [0.25, 0.3) is 6.08 Å². The summed E-state index contributed by atoms with van der Waals surface area (Å²) in [4.78, 5) is 28.9. The number of imidazole rings is 1. The number of hydrogen-bond acceptors (Lipinski definition) is 3. The van der Waals surface area contributed by atoms with Crippen molar-refractivity contribution < 1.29 is 14.7 Å². The zero-order chi connectivity index (χ0) is 14.5. The molecule has 1 aromatic heterocycles. The zero-order valence-corrected chi connectivity index (χ0v) is 10.9. The molecule has 0 spiro atoms. The van der Waals surface area contributed by atoms with Crippen LogP contribution in [0, 0.1) is 0 Å². The van der Waals surface area contributed by atoms with Gasteiger partial charge in [-0.25, -0.2) is 9.78 Å². The van der Waals surface area contributed by atoms with Crippen LogP contribution in [0.4, 0.5) is 5.95 Å². The van der Waals surface area contributed by atoms with Gasteiger partial charge in [0.05, 0.1) is 0 Å². The quantitative estimate of drug-likeness (QED) is 0.754. The molecule has 1 aromatic carbocycles. The van der Waals surface area contributed by atoms with E-state index in [0.29, 0.717) is 17.1 Å². The zero-order valence-electron chi connectivity index (χ0n) is 10.1. The lowest BCUT2D eigenvalue weighted by Gasteiger charge is -2.04. The molecule has 20 heavy (non-hydrogen) atoms. The molecular weight excluding hydrogens is 282 g/mol. The van der Waals surface area contributed by atoms with Crippen LogP contribution in [-0.2, 0) is 4.79 Å². The Morgan fingerprint density at radius 2 is 2.20 bits per heavy atom. The highest BCUT2D eigenvalue weighted by atomic mass is 35.5. The molecule has 1 heterocycles. The van der Waals surface area contributed by atoms with E-state index in [-0.39, 0.29) is 10.9 Å². The minimum absolute atomic E-state index is 0.287. The Kier molecular flexibility index (Phi) is 4.17. The number of rotatable bonds is 4. The van der Waals surface area contributed by atoms with E-state index in [9.17, 15) is 9.59 Å². The first kappa shape index (κ1) is 13.8. The summed E-state index contributed by atoms with van der Waals surface area (Å²) in [6.45, 7) is 0. The van der Waals surface area contributed by atoms with E-state index in [2.05, 4.69) is 15.3 Å². The van der Waals surface area contributed by atoms with Crippen molar-refractivity contribution in [3.05, 3.63) is 52.8 Å². The first-order valence-corrected chi connectivity index (χ1v) is 5.95. The van der Waals surface area contributed by atoms with Crippen LogP contribution in [-0.4, -0.2) is 27.0 Å². The number of carbonyl (C=O) groups excluding carboxylic acids is 1. The molecule has 0 radical (unpaired) electrons. The van der Waals surface area contributed by atoms with Gasteiger partial charge in [-0.15, -0.1) is 0 Å². The first-order chi connectivity index (χ1) is 9.56. The maximum Gasteiger partial charge on any atom is 0.328 e. The van der Waals surface area contributed by atoms with Crippen LogP contribution in [0.5, 0.6) is 0 Å². The number of H-pyrrole nitrogens is 1. The SMILES string of the molecule is O=C(O)/C=C/c1ccc(C(=O)Nc2ncc[nH]2)cc1Cl. The second-order valence-corrected chi connectivity index (χ2v) is 4.21.